The molecule has 0 radical (unpaired) electrons. The average molecular weight is 550 g/mol. The van der Waals surface area contributed by atoms with E-state index >= 15 is 0 Å². The zero-order chi connectivity index (χ0) is 27.4. The highest BCUT2D eigenvalue weighted by Gasteiger charge is 2.20. The quantitative estimate of drug-likeness (QED) is 0.204. The monoisotopic (exact) mass is 549 g/mol. The smallest absolute Gasteiger partial charge is 0.343 e. The highest BCUT2D eigenvalue weighted by atomic mass is 35.5. The van der Waals surface area contributed by atoms with E-state index in [0.717, 1.165) is 23.3 Å². The first-order valence-electron chi connectivity index (χ1n) is 11.9. The second-order valence-electron chi connectivity index (χ2n) is 8.56. The standard InChI is InChI=1S/C29H22ClF2N3O4/c1-37-27(36)17-38-21-9-7-18(8-10-21)16-39-29-22(6-3-11-33-29)28-34-25-13-23(31)24(32)14-26(25)35(28)15-19-4-2-5-20(30)12-19/h2-14H,15-17H2,1H3. The van der Waals surface area contributed by atoms with Gasteiger partial charge in [0.2, 0.25) is 5.88 Å². The number of methoxy groups -OCH3 is 1. The Labute approximate surface area is 227 Å². The maximum Gasteiger partial charge on any atom is 0.343 e. The molecule has 0 saturated carbocycles. The molecular weight excluding hydrogens is 528 g/mol. The summed E-state index contributed by atoms with van der Waals surface area (Å²) in [6.45, 7) is 0.297. The summed E-state index contributed by atoms with van der Waals surface area (Å²) >= 11 is 6.19. The van der Waals surface area contributed by atoms with Gasteiger partial charge in [0.25, 0.3) is 0 Å². The first-order chi connectivity index (χ1) is 18.9. The number of esters is 1. The normalized spacial score (nSPS) is 11.0. The van der Waals surface area contributed by atoms with Crippen molar-refractivity contribution in [2.45, 2.75) is 13.2 Å². The molecule has 0 amide bonds. The zero-order valence-corrected chi connectivity index (χ0v) is 21.5. The van der Waals surface area contributed by atoms with Crippen LogP contribution in [-0.4, -0.2) is 34.2 Å². The Morgan fingerprint density at radius 2 is 1.74 bits per heavy atom. The Morgan fingerprint density at radius 1 is 0.949 bits per heavy atom. The lowest BCUT2D eigenvalue weighted by Crippen LogP contribution is -2.12. The molecule has 0 bridgehead atoms. The van der Waals surface area contributed by atoms with Gasteiger partial charge in [-0.2, -0.15) is 0 Å². The molecule has 0 aliphatic rings. The molecule has 2 aromatic heterocycles. The third kappa shape index (κ3) is 5.99. The van der Waals surface area contributed by atoms with Gasteiger partial charge >= 0.3 is 5.97 Å². The molecule has 5 aromatic rings. The van der Waals surface area contributed by atoms with Gasteiger partial charge in [-0.15, -0.1) is 0 Å². The van der Waals surface area contributed by atoms with Crippen LogP contribution in [0.2, 0.25) is 5.02 Å². The van der Waals surface area contributed by atoms with Crippen molar-refractivity contribution >= 4 is 28.6 Å². The van der Waals surface area contributed by atoms with E-state index in [1.165, 1.54) is 7.11 Å². The number of ether oxygens (including phenoxy) is 3. The number of rotatable bonds is 9. The second-order valence-corrected chi connectivity index (χ2v) is 9.00. The Morgan fingerprint density at radius 3 is 2.51 bits per heavy atom. The predicted octanol–water partition coefficient (Wildman–Crippen LogP) is 6.21. The summed E-state index contributed by atoms with van der Waals surface area (Å²) in [5.41, 5.74) is 2.95. The number of imidazole rings is 1. The summed E-state index contributed by atoms with van der Waals surface area (Å²) in [6, 6.07) is 20.0. The van der Waals surface area contributed by atoms with Crippen LogP contribution in [0.4, 0.5) is 8.78 Å². The molecule has 0 spiro atoms. The molecular formula is C29H22ClF2N3O4. The van der Waals surface area contributed by atoms with Crippen LogP contribution in [0.15, 0.2) is 79.0 Å². The van der Waals surface area contributed by atoms with E-state index in [4.69, 9.17) is 21.1 Å². The molecule has 0 N–H and O–H groups in total. The van der Waals surface area contributed by atoms with Crippen molar-refractivity contribution in [3.05, 3.63) is 107 Å². The van der Waals surface area contributed by atoms with E-state index in [-0.39, 0.29) is 13.2 Å². The van der Waals surface area contributed by atoms with Crippen molar-refractivity contribution in [1.82, 2.24) is 14.5 Å². The average Bonchev–Trinajstić information content (AvgIpc) is 3.27. The van der Waals surface area contributed by atoms with Gasteiger partial charge in [-0.05, 0) is 47.5 Å². The minimum absolute atomic E-state index is 0.180. The van der Waals surface area contributed by atoms with Gasteiger partial charge in [-0.3, -0.25) is 0 Å². The van der Waals surface area contributed by atoms with Crippen LogP contribution in [0.5, 0.6) is 11.6 Å². The molecule has 0 aliphatic heterocycles. The lowest BCUT2D eigenvalue weighted by molar-refractivity contribution is -0.142. The highest BCUT2D eigenvalue weighted by molar-refractivity contribution is 6.30. The van der Waals surface area contributed by atoms with Crippen molar-refractivity contribution in [3.8, 4) is 23.0 Å². The number of hydrogen-bond acceptors (Lipinski definition) is 6. The van der Waals surface area contributed by atoms with Crippen molar-refractivity contribution in [1.29, 1.82) is 0 Å². The largest absolute Gasteiger partial charge is 0.482 e. The minimum atomic E-state index is -0.983. The fourth-order valence-electron chi connectivity index (χ4n) is 4.01. The minimum Gasteiger partial charge on any atom is -0.482 e. The van der Waals surface area contributed by atoms with E-state index in [0.29, 0.717) is 45.6 Å². The summed E-state index contributed by atoms with van der Waals surface area (Å²) in [5.74, 6) is -1.18. The van der Waals surface area contributed by atoms with Gasteiger partial charge in [-0.25, -0.2) is 23.5 Å². The zero-order valence-electron chi connectivity index (χ0n) is 20.7. The summed E-state index contributed by atoms with van der Waals surface area (Å²) in [4.78, 5) is 20.3. The highest BCUT2D eigenvalue weighted by Crippen LogP contribution is 2.32. The van der Waals surface area contributed by atoms with Crippen LogP contribution in [-0.2, 0) is 22.7 Å². The fraction of sp³-hybridized carbons (Fsp3) is 0.138. The molecule has 0 aliphatic carbocycles. The van der Waals surface area contributed by atoms with Crippen molar-refractivity contribution in [2.24, 2.45) is 0 Å². The molecule has 198 valence electrons. The maximum absolute atomic E-state index is 14.3. The van der Waals surface area contributed by atoms with E-state index < -0.39 is 17.6 Å². The van der Waals surface area contributed by atoms with Crippen molar-refractivity contribution < 1.29 is 27.8 Å². The number of carbonyl (C=O) groups is 1. The van der Waals surface area contributed by atoms with E-state index in [1.807, 2.05) is 12.1 Å². The molecule has 7 nitrogen and oxygen atoms in total. The molecule has 0 unspecified atom stereocenters. The van der Waals surface area contributed by atoms with Crippen LogP contribution < -0.4 is 9.47 Å². The molecule has 2 heterocycles. The van der Waals surface area contributed by atoms with Gasteiger partial charge in [0.15, 0.2) is 18.2 Å². The first kappa shape index (κ1) is 26.1. The van der Waals surface area contributed by atoms with Gasteiger partial charge < -0.3 is 18.8 Å². The lowest BCUT2D eigenvalue weighted by Gasteiger charge is -2.13. The Hall–Kier alpha value is -4.50. The topological polar surface area (TPSA) is 75.5 Å². The summed E-state index contributed by atoms with van der Waals surface area (Å²) in [5, 5.41) is 0.558. The number of aromatic nitrogens is 3. The molecule has 39 heavy (non-hydrogen) atoms. The van der Waals surface area contributed by atoms with E-state index in [1.54, 1.807) is 59.3 Å². The third-order valence-corrected chi connectivity index (χ3v) is 6.15. The third-order valence-electron chi connectivity index (χ3n) is 5.92. The SMILES string of the molecule is COC(=O)COc1ccc(COc2ncccc2-c2nc3cc(F)c(F)cc3n2Cc2cccc(Cl)c2)cc1. The Bertz CT molecular complexity index is 1640. The number of pyridine rings is 1. The molecule has 0 atom stereocenters. The van der Waals surface area contributed by atoms with Crippen molar-refractivity contribution in [2.75, 3.05) is 13.7 Å². The summed E-state index contributed by atoms with van der Waals surface area (Å²) < 4.78 is 46.1. The summed E-state index contributed by atoms with van der Waals surface area (Å²) in [6.07, 6.45) is 1.59. The maximum atomic E-state index is 14.3. The molecule has 0 saturated heterocycles. The number of halogens is 3. The Balaban J connectivity index is 1.45. The first-order valence-corrected chi connectivity index (χ1v) is 12.3. The number of benzene rings is 3. The number of nitrogens with zero attached hydrogens (tertiary/aromatic N) is 3. The van der Waals surface area contributed by atoms with Crippen LogP contribution in [0.3, 0.4) is 0 Å². The van der Waals surface area contributed by atoms with Gasteiger partial charge in [0.05, 0.1) is 23.7 Å². The van der Waals surface area contributed by atoms with Gasteiger partial charge in [-0.1, -0.05) is 35.9 Å². The van der Waals surface area contributed by atoms with Gasteiger partial charge in [0, 0.05) is 29.9 Å². The van der Waals surface area contributed by atoms with E-state index in [9.17, 15) is 13.6 Å². The lowest BCUT2D eigenvalue weighted by atomic mass is 10.2. The molecule has 0 fully saturated rings. The molecule has 10 heteroatoms. The van der Waals surface area contributed by atoms with Crippen LogP contribution >= 0.6 is 11.6 Å². The second kappa shape index (κ2) is 11.5. The molecule has 3 aromatic carbocycles. The van der Waals surface area contributed by atoms with E-state index in [2.05, 4.69) is 14.7 Å². The fourth-order valence-corrected chi connectivity index (χ4v) is 4.23. The number of hydrogen-bond donors (Lipinski definition) is 0. The number of carbonyl (C=O) groups excluding carboxylic acids is 1. The predicted molar refractivity (Wildman–Crippen MR) is 142 cm³/mol. The van der Waals surface area contributed by atoms with Crippen molar-refractivity contribution in [3.63, 3.8) is 0 Å². The van der Waals surface area contributed by atoms with Crippen LogP contribution in [0, 0.1) is 11.6 Å². The summed E-state index contributed by atoms with van der Waals surface area (Å²) in [7, 11) is 1.29. The van der Waals surface area contributed by atoms with Gasteiger partial charge in [0.1, 0.15) is 18.2 Å². The Kier molecular flexibility index (Phi) is 7.69. The van der Waals surface area contributed by atoms with Crippen LogP contribution in [0.25, 0.3) is 22.4 Å². The molecule has 5 rings (SSSR count). The van der Waals surface area contributed by atoms with Crippen LogP contribution in [0.1, 0.15) is 11.1 Å². The number of fused-ring (bicyclic) bond motifs is 1.